The number of likely N-dealkylation sites (tertiary alicyclic amines) is 1. The molecule has 5 rings (SSSR count). The smallest absolute Gasteiger partial charge is 0.318 e. The van der Waals surface area contributed by atoms with Gasteiger partial charge in [0, 0.05) is 47.7 Å². The molecule has 1 saturated heterocycles. The van der Waals surface area contributed by atoms with Crippen LogP contribution in [0.3, 0.4) is 0 Å². The van der Waals surface area contributed by atoms with Gasteiger partial charge in [0.05, 0.1) is 19.8 Å². The van der Waals surface area contributed by atoms with Crippen LogP contribution in [0.1, 0.15) is 56.3 Å². The Morgan fingerprint density at radius 2 is 2.09 bits per heavy atom. The number of rotatable bonds is 6. The lowest BCUT2D eigenvalue weighted by atomic mass is 9.68. The van der Waals surface area contributed by atoms with Crippen LogP contribution in [0.2, 0.25) is 0 Å². The third-order valence-electron chi connectivity index (χ3n) is 7.73. The second kappa shape index (κ2) is 8.60. The molecule has 1 aliphatic carbocycles. The largest absolute Gasteiger partial charge is 0.497 e. The molecule has 2 amide bonds. The van der Waals surface area contributed by atoms with E-state index in [0.29, 0.717) is 13.1 Å². The number of urea groups is 1. The lowest BCUT2D eigenvalue weighted by Crippen LogP contribution is -2.57. The van der Waals surface area contributed by atoms with Crippen molar-refractivity contribution in [1.29, 1.82) is 0 Å². The summed E-state index contributed by atoms with van der Waals surface area (Å²) < 4.78 is 5.45. The van der Waals surface area contributed by atoms with Gasteiger partial charge >= 0.3 is 6.03 Å². The van der Waals surface area contributed by atoms with Crippen molar-refractivity contribution in [3.05, 3.63) is 29.5 Å². The van der Waals surface area contributed by atoms with Crippen LogP contribution < -0.4 is 10.1 Å². The normalized spacial score (nSPS) is 22.8. The van der Waals surface area contributed by atoms with Crippen molar-refractivity contribution in [2.45, 2.75) is 50.5 Å². The molecular formula is C25H36N4O3. The molecule has 7 heteroatoms. The number of amides is 2. The van der Waals surface area contributed by atoms with E-state index in [9.17, 15) is 9.90 Å². The Balaban J connectivity index is 1.55. The van der Waals surface area contributed by atoms with E-state index in [-0.39, 0.29) is 24.1 Å². The number of nitrogens with zero attached hydrogens (tertiary/aromatic N) is 2. The molecule has 1 saturated carbocycles. The van der Waals surface area contributed by atoms with E-state index in [2.05, 4.69) is 28.2 Å². The van der Waals surface area contributed by atoms with E-state index in [0.717, 1.165) is 55.2 Å². The van der Waals surface area contributed by atoms with Crippen molar-refractivity contribution in [3.8, 4) is 5.75 Å². The summed E-state index contributed by atoms with van der Waals surface area (Å²) >= 11 is 0. The summed E-state index contributed by atoms with van der Waals surface area (Å²) in [7, 11) is 1.68. The average Bonchev–Trinajstić information content (AvgIpc) is 3.55. The molecular weight excluding hydrogens is 404 g/mol. The standard InChI is InChI=1S/C25H36N4O3/c1-3-10-26-24(31)29-16-25(8-11-28(12-9-25)14-17-4-5-17)22-19-7-6-18(32-2)13-20(19)27-23(22)21(29)15-30/h6-7,13,17,21,27,30H,3-5,8-12,14-16H2,1-2H3,(H,26,31)/t21-/m0/s1. The molecule has 0 unspecified atom stereocenters. The molecule has 0 bridgehead atoms. The maximum absolute atomic E-state index is 13.2. The third-order valence-corrected chi connectivity index (χ3v) is 7.73. The van der Waals surface area contributed by atoms with Gasteiger partial charge in [-0.2, -0.15) is 0 Å². The maximum atomic E-state index is 13.2. The summed E-state index contributed by atoms with van der Waals surface area (Å²) in [5.41, 5.74) is 3.21. The summed E-state index contributed by atoms with van der Waals surface area (Å²) in [5, 5.41) is 14.6. The van der Waals surface area contributed by atoms with Gasteiger partial charge in [0.1, 0.15) is 5.75 Å². The predicted molar refractivity (Wildman–Crippen MR) is 125 cm³/mol. The van der Waals surface area contributed by atoms with Crippen LogP contribution in [0.4, 0.5) is 4.79 Å². The van der Waals surface area contributed by atoms with Gasteiger partial charge in [-0.15, -0.1) is 0 Å². The molecule has 1 aromatic heterocycles. The number of carbonyl (C=O) groups excluding carboxylic acids is 1. The number of benzene rings is 1. The van der Waals surface area contributed by atoms with Crippen LogP contribution in [0.25, 0.3) is 10.9 Å². The Morgan fingerprint density at radius 1 is 1.31 bits per heavy atom. The maximum Gasteiger partial charge on any atom is 0.318 e. The Morgan fingerprint density at radius 3 is 2.75 bits per heavy atom. The number of aliphatic hydroxyl groups is 1. The minimum atomic E-state index is -0.365. The Hall–Kier alpha value is -2.25. The van der Waals surface area contributed by atoms with Crippen molar-refractivity contribution in [3.63, 3.8) is 0 Å². The minimum absolute atomic E-state index is 0.0763. The van der Waals surface area contributed by atoms with Crippen molar-refractivity contribution in [2.24, 2.45) is 5.92 Å². The second-order valence-electron chi connectivity index (χ2n) is 9.91. The van der Waals surface area contributed by atoms with Gasteiger partial charge in [0.2, 0.25) is 0 Å². The van der Waals surface area contributed by atoms with Crippen LogP contribution in [-0.2, 0) is 5.41 Å². The summed E-state index contributed by atoms with van der Waals surface area (Å²) in [5.74, 6) is 1.70. The average molecular weight is 441 g/mol. The van der Waals surface area contributed by atoms with Gasteiger partial charge in [-0.1, -0.05) is 6.92 Å². The monoisotopic (exact) mass is 440 g/mol. The highest BCUT2D eigenvalue weighted by molar-refractivity contribution is 5.88. The van der Waals surface area contributed by atoms with Gasteiger partial charge < -0.3 is 29.9 Å². The molecule has 3 N–H and O–H groups in total. The Labute approximate surface area is 190 Å². The summed E-state index contributed by atoms with van der Waals surface area (Å²) in [6.07, 6.45) is 5.70. The summed E-state index contributed by atoms with van der Waals surface area (Å²) in [6, 6.07) is 5.74. The number of ether oxygens (including phenoxy) is 1. The summed E-state index contributed by atoms with van der Waals surface area (Å²) in [6.45, 7) is 6.60. The lowest BCUT2D eigenvalue weighted by molar-refractivity contribution is 0.0670. The molecule has 174 valence electrons. The zero-order chi connectivity index (χ0) is 22.3. The number of nitrogens with one attached hydrogen (secondary N) is 2. The quantitative estimate of drug-likeness (QED) is 0.643. The fraction of sp³-hybridized carbons (Fsp3) is 0.640. The molecule has 1 aromatic carbocycles. The Bertz CT molecular complexity index is 975. The van der Waals surface area contributed by atoms with E-state index in [1.165, 1.54) is 30.3 Å². The number of hydrogen-bond donors (Lipinski definition) is 3. The van der Waals surface area contributed by atoms with Crippen molar-refractivity contribution >= 4 is 16.9 Å². The molecule has 0 radical (unpaired) electrons. The molecule has 1 atom stereocenters. The molecule has 32 heavy (non-hydrogen) atoms. The van der Waals surface area contributed by atoms with Crippen LogP contribution in [0.15, 0.2) is 18.2 Å². The first-order chi connectivity index (χ1) is 15.6. The predicted octanol–water partition coefficient (Wildman–Crippen LogP) is 3.39. The number of hydrogen-bond acceptors (Lipinski definition) is 4. The topological polar surface area (TPSA) is 80.8 Å². The highest BCUT2D eigenvalue weighted by atomic mass is 16.5. The lowest BCUT2D eigenvalue weighted by Gasteiger charge is -2.50. The van der Waals surface area contributed by atoms with Gasteiger partial charge in [-0.25, -0.2) is 4.79 Å². The molecule has 2 fully saturated rings. The number of carbonyl (C=O) groups is 1. The number of aromatic amines is 1. The Kier molecular flexibility index (Phi) is 5.80. The zero-order valence-electron chi connectivity index (χ0n) is 19.3. The number of fused-ring (bicyclic) bond motifs is 4. The fourth-order valence-corrected chi connectivity index (χ4v) is 5.79. The molecule has 2 aliphatic heterocycles. The first-order valence-electron chi connectivity index (χ1n) is 12.2. The van der Waals surface area contributed by atoms with Gasteiger partial charge in [0.25, 0.3) is 0 Å². The number of aliphatic hydroxyl groups excluding tert-OH is 1. The molecule has 3 aliphatic rings. The number of methoxy groups -OCH3 is 1. The van der Waals surface area contributed by atoms with E-state index < -0.39 is 0 Å². The molecule has 7 nitrogen and oxygen atoms in total. The van der Waals surface area contributed by atoms with Crippen molar-refractivity contribution in [1.82, 2.24) is 20.1 Å². The van der Waals surface area contributed by atoms with Crippen LogP contribution >= 0.6 is 0 Å². The minimum Gasteiger partial charge on any atom is -0.497 e. The molecule has 2 aromatic rings. The van der Waals surface area contributed by atoms with Gasteiger partial charge in [-0.05, 0) is 68.8 Å². The van der Waals surface area contributed by atoms with E-state index in [4.69, 9.17) is 4.74 Å². The number of H-pyrrole nitrogens is 1. The van der Waals surface area contributed by atoms with Gasteiger partial charge in [-0.3, -0.25) is 0 Å². The van der Waals surface area contributed by atoms with Crippen LogP contribution in [0, 0.1) is 5.92 Å². The second-order valence-corrected chi connectivity index (χ2v) is 9.91. The van der Waals surface area contributed by atoms with Crippen LogP contribution in [0.5, 0.6) is 5.75 Å². The van der Waals surface area contributed by atoms with E-state index in [1.54, 1.807) is 7.11 Å². The first kappa shape index (κ1) is 21.6. The van der Waals surface area contributed by atoms with Gasteiger partial charge in [0.15, 0.2) is 0 Å². The van der Waals surface area contributed by atoms with E-state index in [1.807, 2.05) is 17.0 Å². The SMILES string of the molecule is CCCNC(=O)N1CC2(CCN(CC3CC3)CC2)c2c([nH]c3cc(OC)ccc23)[C@@H]1CO. The number of piperidine rings is 1. The third kappa shape index (κ3) is 3.75. The summed E-state index contributed by atoms with van der Waals surface area (Å²) in [4.78, 5) is 21.2. The molecule has 3 heterocycles. The van der Waals surface area contributed by atoms with E-state index >= 15 is 0 Å². The highest BCUT2D eigenvalue weighted by Crippen LogP contribution is 2.49. The van der Waals surface area contributed by atoms with Crippen molar-refractivity contribution in [2.75, 3.05) is 46.4 Å². The number of aromatic nitrogens is 1. The van der Waals surface area contributed by atoms with Crippen LogP contribution in [-0.4, -0.2) is 72.4 Å². The zero-order valence-corrected chi connectivity index (χ0v) is 19.3. The first-order valence-corrected chi connectivity index (χ1v) is 12.2. The molecule has 1 spiro atoms. The van der Waals surface area contributed by atoms with Crippen molar-refractivity contribution < 1.29 is 14.6 Å². The highest BCUT2D eigenvalue weighted by Gasteiger charge is 2.48. The fourth-order valence-electron chi connectivity index (χ4n) is 5.79.